The second-order valence-corrected chi connectivity index (χ2v) is 5.87. The van der Waals surface area contributed by atoms with Gasteiger partial charge in [-0.1, -0.05) is 12.1 Å². The van der Waals surface area contributed by atoms with Gasteiger partial charge in [0.1, 0.15) is 5.75 Å². The lowest BCUT2D eigenvalue weighted by atomic mass is 10.1. The lowest BCUT2D eigenvalue weighted by molar-refractivity contribution is -0.137. The zero-order valence-corrected chi connectivity index (χ0v) is 14.5. The van der Waals surface area contributed by atoms with Gasteiger partial charge in [-0.2, -0.15) is 18.3 Å². The smallest absolute Gasteiger partial charge is 0.416 e. The maximum Gasteiger partial charge on any atom is 0.416 e. The molecule has 1 aromatic heterocycles. The number of alkyl halides is 3. The summed E-state index contributed by atoms with van der Waals surface area (Å²) < 4.78 is 44.6. The van der Waals surface area contributed by atoms with E-state index in [4.69, 9.17) is 4.74 Å². The number of rotatable bonds is 5. The van der Waals surface area contributed by atoms with Crippen LogP contribution < -0.4 is 10.3 Å². The van der Waals surface area contributed by atoms with E-state index in [0.717, 1.165) is 23.4 Å². The number of halogens is 3. The summed E-state index contributed by atoms with van der Waals surface area (Å²) in [5.74, 6) is 0.735. The zero-order chi connectivity index (χ0) is 19.4. The highest BCUT2D eigenvalue weighted by Crippen LogP contribution is 2.29. The minimum Gasteiger partial charge on any atom is -0.494 e. The molecule has 7 heteroatoms. The summed E-state index contributed by atoms with van der Waals surface area (Å²) in [7, 11) is 0. The first-order valence-electron chi connectivity index (χ1n) is 8.34. The fraction of sp³-hybridized carbons (Fsp3) is 0.200. The highest BCUT2D eigenvalue weighted by molar-refractivity contribution is 5.59. The maximum atomic E-state index is 12.7. The van der Waals surface area contributed by atoms with Crippen molar-refractivity contribution in [2.75, 3.05) is 6.61 Å². The Kier molecular flexibility index (Phi) is 5.30. The van der Waals surface area contributed by atoms with Crippen LogP contribution in [0.3, 0.4) is 0 Å². The predicted molar refractivity (Wildman–Crippen MR) is 95.6 cm³/mol. The third-order valence-corrected chi connectivity index (χ3v) is 3.94. The molecule has 0 spiro atoms. The first-order chi connectivity index (χ1) is 12.9. The minimum absolute atomic E-state index is 0.0852. The van der Waals surface area contributed by atoms with Gasteiger partial charge >= 0.3 is 6.18 Å². The Balaban J connectivity index is 1.84. The van der Waals surface area contributed by atoms with Crippen molar-refractivity contribution in [1.29, 1.82) is 0 Å². The molecular weight excluding hydrogens is 357 g/mol. The molecule has 0 radical (unpaired) electrons. The van der Waals surface area contributed by atoms with Crippen LogP contribution in [0.2, 0.25) is 0 Å². The average Bonchev–Trinajstić information content (AvgIpc) is 2.64. The van der Waals surface area contributed by atoms with Crippen LogP contribution in [0.15, 0.2) is 65.5 Å². The fourth-order valence-electron chi connectivity index (χ4n) is 2.58. The predicted octanol–water partition coefficient (Wildman–Crippen LogP) is 4.38. The molecule has 0 aliphatic rings. The Morgan fingerprint density at radius 2 is 1.63 bits per heavy atom. The summed E-state index contributed by atoms with van der Waals surface area (Å²) in [6.45, 7) is 2.55. The van der Waals surface area contributed by atoms with Gasteiger partial charge in [0.2, 0.25) is 0 Å². The topological polar surface area (TPSA) is 44.1 Å². The Morgan fingerprint density at radius 3 is 2.22 bits per heavy atom. The molecule has 0 aliphatic heterocycles. The summed E-state index contributed by atoms with van der Waals surface area (Å²) in [6, 6.07) is 15.0. The number of hydrogen-bond donors (Lipinski definition) is 0. The van der Waals surface area contributed by atoms with Crippen molar-refractivity contribution in [3.05, 3.63) is 82.1 Å². The molecule has 0 fully saturated rings. The van der Waals surface area contributed by atoms with Crippen molar-refractivity contribution in [1.82, 2.24) is 9.78 Å². The molecule has 0 atom stereocenters. The Labute approximate surface area is 153 Å². The number of aromatic nitrogens is 2. The summed E-state index contributed by atoms with van der Waals surface area (Å²) in [6.07, 6.45) is -4.39. The molecule has 0 aliphatic carbocycles. The van der Waals surface area contributed by atoms with E-state index in [-0.39, 0.29) is 12.1 Å². The van der Waals surface area contributed by atoms with E-state index in [2.05, 4.69) is 5.10 Å². The monoisotopic (exact) mass is 374 g/mol. The van der Waals surface area contributed by atoms with Gasteiger partial charge < -0.3 is 4.74 Å². The first kappa shape index (κ1) is 18.7. The van der Waals surface area contributed by atoms with Crippen LogP contribution in [-0.2, 0) is 12.7 Å². The van der Waals surface area contributed by atoms with Crippen molar-refractivity contribution >= 4 is 0 Å². The van der Waals surface area contributed by atoms with E-state index in [1.807, 2.05) is 31.2 Å². The highest BCUT2D eigenvalue weighted by Gasteiger charge is 2.29. The molecule has 3 aromatic rings. The Morgan fingerprint density at radius 1 is 0.963 bits per heavy atom. The quantitative estimate of drug-likeness (QED) is 0.666. The fourth-order valence-corrected chi connectivity index (χ4v) is 2.58. The lowest BCUT2D eigenvalue weighted by Crippen LogP contribution is -2.22. The number of ether oxygens (including phenoxy) is 1. The van der Waals surface area contributed by atoms with Crippen molar-refractivity contribution in [3.8, 4) is 17.0 Å². The second kappa shape index (κ2) is 7.65. The van der Waals surface area contributed by atoms with Crippen LogP contribution in [0.25, 0.3) is 11.3 Å². The molecular formula is C20H17F3N2O2. The summed E-state index contributed by atoms with van der Waals surface area (Å²) in [4.78, 5) is 12.1. The molecule has 27 heavy (non-hydrogen) atoms. The SMILES string of the molecule is CCOc1ccc(-c2ccc(=O)n(Cc3ccc(C(F)(F)F)cc3)n2)cc1. The molecule has 3 rings (SSSR count). The van der Waals surface area contributed by atoms with E-state index < -0.39 is 11.7 Å². The van der Waals surface area contributed by atoms with Crippen molar-refractivity contribution in [3.63, 3.8) is 0 Å². The second-order valence-electron chi connectivity index (χ2n) is 5.87. The summed E-state index contributed by atoms with van der Waals surface area (Å²) >= 11 is 0. The van der Waals surface area contributed by atoms with Crippen LogP contribution >= 0.6 is 0 Å². The zero-order valence-electron chi connectivity index (χ0n) is 14.5. The van der Waals surface area contributed by atoms with Gasteiger partial charge in [-0.05, 0) is 55.0 Å². The third kappa shape index (κ3) is 4.55. The molecule has 140 valence electrons. The van der Waals surface area contributed by atoms with Crippen molar-refractivity contribution in [2.45, 2.75) is 19.6 Å². The van der Waals surface area contributed by atoms with Gasteiger partial charge in [0, 0.05) is 11.6 Å². The van der Waals surface area contributed by atoms with Crippen LogP contribution in [0.4, 0.5) is 13.2 Å². The number of hydrogen-bond acceptors (Lipinski definition) is 3. The largest absolute Gasteiger partial charge is 0.494 e. The molecule has 1 heterocycles. The van der Waals surface area contributed by atoms with Gasteiger partial charge in [0.25, 0.3) is 5.56 Å². The normalized spacial score (nSPS) is 11.4. The molecule has 0 bridgehead atoms. The molecule has 2 aromatic carbocycles. The van der Waals surface area contributed by atoms with Crippen LogP contribution in [0, 0.1) is 0 Å². The summed E-state index contributed by atoms with van der Waals surface area (Å²) in [5, 5.41) is 4.33. The first-order valence-corrected chi connectivity index (χ1v) is 8.34. The third-order valence-electron chi connectivity index (χ3n) is 3.94. The van der Waals surface area contributed by atoms with Crippen molar-refractivity contribution in [2.24, 2.45) is 0 Å². The van der Waals surface area contributed by atoms with E-state index in [1.165, 1.54) is 22.9 Å². The molecule has 0 amide bonds. The van der Waals surface area contributed by atoms with Crippen LogP contribution in [0.5, 0.6) is 5.75 Å². The van der Waals surface area contributed by atoms with Crippen molar-refractivity contribution < 1.29 is 17.9 Å². The van der Waals surface area contributed by atoms with Gasteiger partial charge in [0.05, 0.1) is 24.4 Å². The van der Waals surface area contributed by atoms with Gasteiger partial charge in [-0.15, -0.1) is 0 Å². The minimum atomic E-state index is -4.39. The average molecular weight is 374 g/mol. The van der Waals surface area contributed by atoms with Crippen LogP contribution in [-0.4, -0.2) is 16.4 Å². The lowest BCUT2D eigenvalue weighted by Gasteiger charge is -2.10. The molecule has 0 unspecified atom stereocenters. The van der Waals surface area contributed by atoms with E-state index in [9.17, 15) is 18.0 Å². The molecule has 4 nitrogen and oxygen atoms in total. The van der Waals surface area contributed by atoms with Gasteiger partial charge in [0.15, 0.2) is 0 Å². The van der Waals surface area contributed by atoms with Gasteiger partial charge in [-0.3, -0.25) is 4.79 Å². The highest BCUT2D eigenvalue weighted by atomic mass is 19.4. The van der Waals surface area contributed by atoms with Crippen LogP contribution in [0.1, 0.15) is 18.1 Å². The van der Waals surface area contributed by atoms with E-state index >= 15 is 0 Å². The molecule has 0 N–H and O–H groups in total. The van der Waals surface area contributed by atoms with Gasteiger partial charge in [-0.25, -0.2) is 4.68 Å². The summed E-state index contributed by atoms with van der Waals surface area (Å²) in [5.41, 5.74) is 0.893. The standard InChI is InChI=1S/C20H17F3N2O2/c1-2-27-17-9-5-15(6-10-17)18-11-12-19(26)25(24-18)13-14-3-7-16(8-4-14)20(21,22)23/h3-12H,2,13H2,1H3. The number of benzene rings is 2. The number of nitrogens with zero attached hydrogens (tertiary/aromatic N) is 2. The molecule has 0 saturated carbocycles. The van der Waals surface area contributed by atoms with E-state index in [0.29, 0.717) is 17.9 Å². The molecule has 0 saturated heterocycles. The maximum absolute atomic E-state index is 12.7. The Hall–Kier alpha value is -3.09. The van der Waals surface area contributed by atoms with E-state index in [1.54, 1.807) is 6.07 Å². The Bertz CT molecular complexity index is 962.